The summed E-state index contributed by atoms with van der Waals surface area (Å²) in [4.78, 5) is 17.6. The summed E-state index contributed by atoms with van der Waals surface area (Å²) >= 11 is 1.43. The minimum Gasteiger partial charge on any atom is -0.464 e. The van der Waals surface area contributed by atoms with Crippen molar-refractivity contribution in [1.29, 1.82) is 0 Å². The number of aryl methyl sites for hydroxylation is 1. The first-order chi connectivity index (χ1) is 9.22. The average molecular weight is 270 g/mol. The highest BCUT2D eigenvalue weighted by Crippen LogP contribution is 2.31. The minimum atomic E-state index is -0.117. The first-order valence-corrected chi connectivity index (χ1v) is 6.56. The smallest absolute Gasteiger partial charge is 0.263 e. The number of hydrogen-bond acceptors (Lipinski definition) is 4. The van der Waals surface area contributed by atoms with Crippen LogP contribution >= 0.6 is 11.3 Å². The lowest BCUT2D eigenvalue weighted by molar-refractivity contribution is 0.583. The van der Waals surface area contributed by atoms with Crippen molar-refractivity contribution in [3.05, 3.63) is 40.0 Å². The minimum absolute atomic E-state index is 0.117. The van der Waals surface area contributed by atoms with Gasteiger partial charge in [-0.1, -0.05) is 5.92 Å². The molecular formula is C14H10N2O2S. The Morgan fingerprint density at radius 3 is 3.11 bits per heavy atom. The van der Waals surface area contributed by atoms with E-state index in [1.165, 1.54) is 15.9 Å². The lowest BCUT2D eigenvalue weighted by atomic mass is 10.2. The Bertz CT molecular complexity index is 835. The highest BCUT2D eigenvalue weighted by molar-refractivity contribution is 7.17. The highest BCUT2D eigenvalue weighted by Gasteiger charge is 2.16. The molecule has 0 aliphatic carbocycles. The Kier molecular flexibility index (Phi) is 2.73. The van der Waals surface area contributed by atoms with Gasteiger partial charge in [0.05, 0.1) is 18.2 Å². The Labute approximate surface area is 113 Å². The summed E-state index contributed by atoms with van der Waals surface area (Å²) in [6, 6.07) is 3.62. The van der Waals surface area contributed by atoms with Gasteiger partial charge in [-0.05, 0) is 19.1 Å². The second-order valence-electron chi connectivity index (χ2n) is 4.06. The van der Waals surface area contributed by atoms with Crippen molar-refractivity contribution >= 4 is 21.6 Å². The monoisotopic (exact) mass is 270 g/mol. The molecule has 0 bridgehead atoms. The average Bonchev–Trinajstić information content (AvgIpc) is 3.02. The van der Waals surface area contributed by atoms with Gasteiger partial charge in [-0.15, -0.1) is 17.8 Å². The third-order valence-electron chi connectivity index (χ3n) is 2.92. The van der Waals surface area contributed by atoms with Crippen molar-refractivity contribution in [1.82, 2.24) is 9.55 Å². The molecule has 0 N–H and O–H groups in total. The quantitative estimate of drug-likeness (QED) is 0.673. The third-order valence-corrected chi connectivity index (χ3v) is 3.79. The Balaban J connectivity index is 2.37. The standard InChI is InChI=1S/C14H10N2O2S/c1-3-6-16-9(2)15-13-12(14(16)17)10(8-19-13)11-5-4-7-18-11/h1,4-5,7-8H,6H2,2H3. The maximum Gasteiger partial charge on any atom is 0.263 e. The Morgan fingerprint density at radius 2 is 2.42 bits per heavy atom. The molecule has 3 rings (SSSR count). The van der Waals surface area contributed by atoms with Crippen LogP contribution in [0.25, 0.3) is 21.5 Å². The molecule has 0 fully saturated rings. The molecule has 0 spiro atoms. The predicted octanol–water partition coefficient (Wildman–Crippen LogP) is 2.66. The zero-order chi connectivity index (χ0) is 13.4. The highest BCUT2D eigenvalue weighted by atomic mass is 32.1. The van der Waals surface area contributed by atoms with Gasteiger partial charge in [0.25, 0.3) is 5.56 Å². The molecular weight excluding hydrogens is 260 g/mol. The number of terminal acetylenes is 1. The van der Waals surface area contributed by atoms with E-state index in [4.69, 9.17) is 10.8 Å². The van der Waals surface area contributed by atoms with Gasteiger partial charge in [0.15, 0.2) is 0 Å². The van der Waals surface area contributed by atoms with E-state index in [9.17, 15) is 4.79 Å². The van der Waals surface area contributed by atoms with Crippen LogP contribution in [-0.2, 0) is 6.54 Å². The second-order valence-corrected chi connectivity index (χ2v) is 4.92. The van der Waals surface area contributed by atoms with Crippen LogP contribution in [0.2, 0.25) is 0 Å². The van der Waals surface area contributed by atoms with E-state index in [1.807, 2.05) is 11.4 Å². The Hall–Kier alpha value is -2.32. The van der Waals surface area contributed by atoms with Crippen LogP contribution in [0.4, 0.5) is 0 Å². The summed E-state index contributed by atoms with van der Waals surface area (Å²) < 4.78 is 6.86. The molecule has 0 amide bonds. The van der Waals surface area contributed by atoms with Crippen LogP contribution in [0, 0.1) is 19.3 Å². The zero-order valence-corrected chi connectivity index (χ0v) is 11.0. The van der Waals surface area contributed by atoms with Crippen LogP contribution in [0.1, 0.15) is 5.82 Å². The first-order valence-electron chi connectivity index (χ1n) is 5.68. The second kappa shape index (κ2) is 4.41. The summed E-state index contributed by atoms with van der Waals surface area (Å²) in [6.07, 6.45) is 6.88. The molecule has 0 radical (unpaired) electrons. The van der Waals surface area contributed by atoms with Crippen molar-refractivity contribution in [2.24, 2.45) is 0 Å². The topological polar surface area (TPSA) is 48.0 Å². The first kappa shape index (κ1) is 11.8. The van der Waals surface area contributed by atoms with E-state index in [0.29, 0.717) is 21.8 Å². The van der Waals surface area contributed by atoms with Gasteiger partial charge < -0.3 is 4.42 Å². The van der Waals surface area contributed by atoms with Crippen molar-refractivity contribution < 1.29 is 4.42 Å². The maximum absolute atomic E-state index is 12.5. The number of nitrogens with zero attached hydrogens (tertiary/aromatic N) is 2. The SMILES string of the molecule is C#CCn1c(C)nc2scc(-c3ccco3)c2c1=O. The molecule has 0 aliphatic heterocycles. The van der Waals surface area contributed by atoms with Gasteiger partial charge in [0.1, 0.15) is 16.4 Å². The molecule has 3 aromatic heterocycles. The van der Waals surface area contributed by atoms with Crippen LogP contribution in [0.3, 0.4) is 0 Å². The van der Waals surface area contributed by atoms with Gasteiger partial charge in [-0.25, -0.2) is 4.98 Å². The number of furan rings is 1. The largest absolute Gasteiger partial charge is 0.464 e. The van der Waals surface area contributed by atoms with Crippen molar-refractivity contribution in [2.75, 3.05) is 0 Å². The van der Waals surface area contributed by atoms with E-state index in [2.05, 4.69) is 10.9 Å². The fourth-order valence-electron chi connectivity index (χ4n) is 2.02. The van der Waals surface area contributed by atoms with Crippen LogP contribution < -0.4 is 5.56 Å². The summed E-state index contributed by atoms with van der Waals surface area (Å²) in [7, 11) is 0. The fourth-order valence-corrected chi connectivity index (χ4v) is 2.98. The number of rotatable bonds is 2. The van der Waals surface area contributed by atoms with Crippen LogP contribution in [-0.4, -0.2) is 9.55 Å². The molecule has 0 saturated heterocycles. The van der Waals surface area contributed by atoms with Gasteiger partial charge in [0.2, 0.25) is 0 Å². The van der Waals surface area contributed by atoms with E-state index in [-0.39, 0.29) is 12.1 Å². The molecule has 0 saturated carbocycles. The zero-order valence-electron chi connectivity index (χ0n) is 10.2. The van der Waals surface area contributed by atoms with E-state index < -0.39 is 0 Å². The molecule has 5 heteroatoms. The van der Waals surface area contributed by atoms with Crippen molar-refractivity contribution in [2.45, 2.75) is 13.5 Å². The molecule has 0 unspecified atom stereocenters. The predicted molar refractivity (Wildman–Crippen MR) is 75.2 cm³/mol. The summed E-state index contributed by atoms with van der Waals surface area (Å²) in [5.41, 5.74) is 0.654. The number of fused-ring (bicyclic) bond motifs is 1. The van der Waals surface area contributed by atoms with Crippen LogP contribution in [0.5, 0.6) is 0 Å². The van der Waals surface area contributed by atoms with Gasteiger partial charge in [-0.2, -0.15) is 0 Å². The lowest BCUT2D eigenvalue weighted by Gasteiger charge is -2.05. The van der Waals surface area contributed by atoms with Gasteiger partial charge in [0, 0.05) is 10.9 Å². The summed E-state index contributed by atoms with van der Waals surface area (Å²) in [6.45, 7) is 2.01. The molecule has 94 valence electrons. The normalized spacial score (nSPS) is 10.7. The number of hydrogen-bond donors (Lipinski definition) is 0. The number of aromatic nitrogens is 2. The lowest BCUT2D eigenvalue weighted by Crippen LogP contribution is -2.23. The fraction of sp³-hybridized carbons (Fsp3) is 0.143. The van der Waals surface area contributed by atoms with E-state index in [1.54, 1.807) is 19.3 Å². The molecule has 0 atom stereocenters. The van der Waals surface area contributed by atoms with Crippen molar-refractivity contribution in [3.63, 3.8) is 0 Å². The molecule has 0 aliphatic rings. The molecule has 4 nitrogen and oxygen atoms in total. The maximum atomic E-state index is 12.5. The molecule has 3 heterocycles. The van der Waals surface area contributed by atoms with Gasteiger partial charge >= 0.3 is 0 Å². The van der Waals surface area contributed by atoms with E-state index in [0.717, 1.165) is 5.56 Å². The summed E-state index contributed by atoms with van der Waals surface area (Å²) in [5.74, 6) is 3.78. The molecule has 19 heavy (non-hydrogen) atoms. The Morgan fingerprint density at radius 1 is 1.58 bits per heavy atom. The van der Waals surface area contributed by atoms with E-state index >= 15 is 0 Å². The number of thiophene rings is 1. The molecule has 0 aromatic carbocycles. The van der Waals surface area contributed by atoms with Gasteiger partial charge in [-0.3, -0.25) is 9.36 Å². The summed E-state index contributed by atoms with van der Waals surface area (Å²) in [5, 5.41) is 2.46. The third kappa shape index (κ3) is 1.77. The van der Waals surface area contributed by atoms with Crippen LogP contribution in [0.15, 0.2) is 33.0 Å². The molecule has 3 aromatic rings. The van der Waals surface area contributed by atoms with Crippen molar-refractivity contribution in [3.8, 4) is 23.7 Å².